The van der Waals surface area contributed by atoms with Crippen molar-refractivity contribution in [2.24, 2.45) is 5.10 Å². The van der Waals surface area contributed by atoms with E-state index in [0.29, 0.717) is 36.0 Å². The van der Waals surface area contributed by atoms with Gasteiger partial charge in [0.15, 0.2) is 0 Å². The van der Waals surface area contributed by atoms with Crippen LogP contribution in [0.4, 0.5) is 5.69 Å². The average molecular weight is 367 g/mol. The fourth-order valence-corrected chi connectivity index (χ4v) is 2.06. The van der Waals surface area contributed by atoms with Gasteiger partial charge in [0.25, 0.3) is 0 Å². The summed E-state index contributed by atoms with van der Waals surface area (Å²) in [6.45, 7) is 6.34. The van der Waals surface area contributed by atoms with Crippen molar-refractivity contribution in [1.29, 1.82) is 0 Å². The SMILES string of the molecule is C=CCOc1ccc(NC(=O)C(=O)N/N=C\c2ccccc2OCC)cc1. The highest BCUT2D eigenvalue weighted by Crippen LogP contribution is 2.16. The first kappa shape index (κ1) is 19.7. The second kappa shape index (κ2) is 10.4. The molecule has 2 rings (SSSR count). The monoisotopic (exact) mass is 367 g/mol. The number of nitrogens with zero attached hydrogens (tertiary/aromatic N) is 1. The fourth-order valence-electron chi connectivity index (χ4n) is 2.06. The normalized spacial score (nSPS) is 10.3. The van der Waals surface area contributed by atoms with Crippen molar-refractivity contribution >= 4 is 23.7 Å². The Morgan fingerprint density at radius 2 is 1.81 bits per heavy atom. The van der Waals surface area contributed by atoms with E-state index in [1.54, 1.807) is 42.5 Å². The molecule has 0 fully saturated rings. The predicted molar refractivity (Wildman–Crippen MR) is 104 cm³/mol. The molecule has 2 aromatic carbocycles. The number of carbonyl (C=O) groups is 2. The maximum atomic E-state index is 11.9. The Labute approximate surface area is 157 Å². The molecule has 7 heteroatoms. The summed E-state index contributed by atoms with van der Waals surface area (Å²) in [4.78, 5) is 23.8. The largest absolute Gasteiger partial charge is 0.493 e. The lowest BCUT2D eigenvalue weighted by molar-refractivity contribution is -0.136. The molecule has 0 radical (unpaired) electrons. The molecule has 140 valence electrons. The molecule has 0 atom stereocenters. The molecular weight excluding hydrogens is 346 g/mol. The van der Waals surface area contributed by atoms with Gasteiger partial charge >= 0.3 is 11.8 Å². The van der Waals surface area contributed by atoms with Crippen molar-refractivity contribution in [3.8, 4) is 11.5 Å². The Bertz CT molecular complexity index is 816. The maximum Gasteiger partial charge on any atom is 0.329 e. The highest BCUT2D eigenvalue weighted by molar-refractivity contribution is 6.39. The number of hydrazone groups is 1. The number of hydrogen-bond acceptors (Lipinski definition) is 5. The molecule has 0 aliphatic carbocycles. The van der Waals surface area contributed by atoms with Gasteiger partial charge in [0.05, 0.1) is 12.8 Å². The molecule has 2 amide bonds. The van der Waals surface area contributed by atoms with Crippen LogP contribution >= 0.6 is 0 Å². The molecule has 0 heterocycles. The van der Waals surface area contributed by atoms with Crippen LogP contribution in [-0.2, 0) is 9.59 Å². The van der Waals surface area contributed by atoms with E-state index in [1.807, 2.05) is 19.1 Å². The Hall–Kier alpha value is -3.61. The highest BCUT2D eigenvalue weighted by Gasteiger charge is 2.13. The fraction of sp³-hybridized carbons (Fsp3) is 0.150. The van der Waals surface area contributed by atoms with Gasteiger partial charge in [0.1, 0.15) is 18.1 Å². The number of para-hydroxylation sites is 1. The molecule has 2 aromatic rings. The molecule has 0 aliphatic rings. The summed E-state index contributed by atoms with van der Waals surface area (Å²) in [6.07, 6.45) is 3.05. The summed E-state index contributed by atoms with van der Waals surface area (Å²) >= 11 is 0. The molecule has 0 bridgehead atoms. The Kier molecular flexibility index (Phi) is 7.59. The quantitative estimate of drug-likeness (QED) is 0.325. The Morgan fingerprint density at radius 3 is 2.52 bits per heavy atom. The van der Waals surface area contributed by atoms with Crippen LogP contribution in [0.1, 0.15) is 12.5 Å². The van der Waals surface area contributed by atoms with Crippen LogP contribution in [0.5, 0.6) is 11.5 Å². The minimum atomic E-state index is -0.882. The second-order valence-corrected chi connectivity index (χ2v) is 5.25. The van der Waals surface area contributed by atoms with E-state index in [9.17, 15) is 9.59 Å². The zero-order valence-electron chi connectivity index (χ0n) is 15.0. The molecule has 0 spiro atoms. The lowest BCUT2D eigenvalue weighted by Crippen LogP contribution is -2.32. The molecular formula is C20H21N3O4. The van der Waals surface area contributed by atoms with Gasteiger partial charge in [0.2, 0.25) is 0 Å². The zero-order chi connectivity index (χ0) is 19.5. The van der Waals surface area contributed by atoms with Crippen molar-refractivity contribution in [2.75, 3.05) is 18.5 Å². The minimum absolute atomic E-state index is 0.387. The summed E-state index contributed by atoms with van der Waals surface area (Å²) in [5, 5.41) is 6.28. The van der Waals surface area contributed by atoms with Gasteiger partial charge in [-0.15, -0.1) is 0 Å². The molecule has 0 saturated carbocycles. The van der Waals surface area contributed by atoms with Crippen molar-refractivity contribution in [3.63, 3.8) is 0 Å². The van der Waals surface area contributed by atoms with E-state index in [4.69, 9.17) is 9.47 Å². The van der Waals surface area contributed by atoms with Crippen molar-refractivity contribution in [1.82, 2.24) is 5.43 Å². The van der Waals surface area contributed by atoms with Crippen molar-refractivity contribution in [2.45, 2.75) is 6.92 Å². The van der Waals surface area contributed by atoms with E-state index in [-0.39, 0.29) is 0 Å². The van der Waals surface area contributed by atoms with E-state index in [0.717, 1.165) is 0 Å². The minimum Gasteiger partial charge on any atom is -0.493 e. The lowest BCUT2D eigenvalue weighted by atomic mass is 10.2. The van der Waals surface area contributed by atoms with Crippen LogP contribution < -0.4 is 20.2 Å². The maximum absolute atomic E-state index is 11.9. The summed E-state index contributed by atoms with van der Waals surface area (Å²) in [5.41, 5.74) is 3.34. The third-order valence-corrected chi connectivity index (χ3v) is 3.27. The third-order valence-electron chi connectivity index (χ3n) is 3.27. The first-order valence-electron chi connectivity index (χ1n) is 8.34. The number of ether oxygens (including phenoxy) is 2. The number of amides is 2. The lowest BCUT2D eigenvalue weighted by Gasteiger charge is -2.07. The van der Waals surface area contributed by atoms with Crippen LogP contribution in [0.2, 0.25) is 0 Å². The summed E-state index contributed by atoms with van der Waals surface area (Å²) < 4.78 is 10.8. The molecule has 0 saturated heterocycles. The van der Waals surface area contributed by atoms with Gasteiger partial charge in [-0.3, -0.25) is 9.59 Å². The van der Waals surface area contributed by atoms with Crippen LogP contribution in [0.25, 0.3) is 0 Å². The zero-order valence-corrected chi connectivity index (χ0v) is 15.0. The van der Waals surface area contributed by atoms with Crippen LogP contribution in [0, 0.1) is 0 Å². The van der Waals surface area contributed by atoms with E-state index < -0.39 is 11.8 Å². The first-order chi connectivity index (χ1) is 13.1. The number of anilines is 1. The number of rotatable bonds is 8. The third kappa shape index (κ3) is 6.32. The van der Waals surface area contributed by atoms with Crippen molar-refractivity contribution < 1.29 is 19.1 Å². The standard InChI is InChI=1S/C20H21N3O4/c1-3-13-27-17-11-9-16(10-12-17)22-19(24)20(25)23-21-14-15-7-5-6-8-18(15)26-4-2/h3,5-12,14H,1,4,13H2,2H3,(H,22,24)(H,23,25)/b21-14-. The van der Waals surface area contributed by atoms with Gasteiger partial charge in [-0.25, -0.2) is 5.43 Å². The number of hydrogen-bond donors (Lipinski definition) is 2. The molecule has 0 aromatic heterocycles. The second-order valence-electron chi connectivity index (χ2n) is 5.25. The summed E-state index contributed by atoms with van der Waals surface area (Å²) in [7, 11) is 0. The molecule has 27 heavy (non-hydrogen) atoms. The smallest absolute Gasteiger partial charge is 0.329 e. The van der Waals surface area contributed by atoms with Crippen LogP contribution in [-0.4, -0.2) is 31.2 Å². The van der Waals surface area contributed by atoms with Crippen LogP contribution in [0.3, 0.4) is 0 Å². The first-order valence-corrected chi connectivity index (χ1v) is 8.34. The van der Waals surface area contributed by atoms with Gasteiger partial charge in [-0.1, -0.05) is 24.8 Å². The molecule has 0 aliphatic heterocycles. The Morgan fingerprint density at radius 1 is 1.07 bits per heavy atom. The molecule has 7 nitrogen and oxygen atoms in total. The predicted octanol–water partition coefficient (Wildman–Crippen LogP) is 2.74. The average Bonchev–Trinajstić information content (AvgIpc) is 2.69. The topological polar surface area (TPSA) is 89.0 Å². The Balaban J connectivity index is 1.88. The van der Waals surface area contributed by atoms with Crippen LogP contribution in [0.15, 0.2) is 66.3 Å². The molecule has 0 unspecified atom stereocenters. The summed E-state index contributed by atoms with van der Waals surface area (Å²) in [6, 6.07) is 13.9. The van der Waals surface area contributed by atoms with E-state index >= 15 is 0 Å². The number of benzene rings is 2. The van der Waals surface area contributed by atoms with Gasteiger partial charge in [0, 0.05) is 11.3 Å². The van der Waals surface area contributed by atoms with Gasteiger partial charge in [-0.05, 0) is 43.3 Å². The van der Waals surface area contributed by atoms with Gasteiger partial charge in [-0.2, -0.15) is 5.10 Å². The number of nitrogens with one attached hydrogen (secondary N) is 2. The summed E-state index contributed by atoms with van der Waals surface area (Å²) in [5.74, 6) is -0.437. The number of carbonyl (C=O) groups excluding carboxylic acids is 2. The molecule has 2 N–H and O–H groups in total. The van der Waals surface area contributed by atoms with Crippen molar-refractivity contribution in [3.05, 3.63) is 66.7 Å². The van der Waals surface area contributed by atoms with Gasteiger partial charge < -0.3 is 14.8 Å². The van der Waals surface area contributed by atoms with E-state index in [2.05, 4.69) is 22.4 Å². The van der Waals surface area contributed by atoms with E-state index in [1.165, 1.54) is 6.21 Å². The highest BCUT2D eigenvalue weighted by atomic mass is 16.5.